The summed E-state index contributed by atoms with van der Waals surface area (Å²) in [6.45, 7) is 4.78. The molecule has 0 amide bonds. The first-order valence-corrected chi connectivity index (χ1v) is 5.36. The van der Waals surface area contributed by atoms with Gasteiger partial charge >= 0.3 is 18.9 Å². The minimum Gasteiger partial charge on any atom is -0.483 e. The van der Waals surface area contributed by atoms with Crippen molar-refractivity contribution in [3.8, 4) is 0 Å². The van der Waals surface area contributed by atoms with Crippen LogP contribution < -0.4 is 35.6 Å². The van der Waals surface area contributed by atoms with Gasteiger partial charge in [-0.05, 0) is 32.5 Å². The van der Waals surface area contributed by atoms with E-state index in [9.17, 15) is 0 Å². The molecule has 0 aromatic heterocycles. The van der Waals surface area contributed by atoms with E-state index in [-0.39, 0.29) is 18.9 Å². The summed E-state index contributed by atoms with van der Waals surface area (Å²) < 4.78 is 0. The van der Waals surface area contributed by atoms with Gasteiger partial charge in [-0.3, -0.25) is 6.54 Å². The van der Waals surface area contributed by atoms with Gasteiger partial charge in [0.2, 0.25) is 0 Å². The Morgan fingerprint density at radius 1 is 0.929 bits per heavy atom. The van der Waals surface area contributed by atoms with E-state index >= 15 is 0 Å². The topological polar surface area (TPSA) is 64.1 Å². The smallest absolute Gasteiger partial charge is 0.483 e. The third-order valence-electron chi connectivity index (χ3n) is 2.03. The summed E-state index contributed by atoms with van der Waals surface area (Å²) >= 11 is 0. The van der Waals surface area contributed by atoms with Crippen molar-refractivity contribution >= 4 is 0 Å². The van der Waals surface area contributed by atoms with Crippen LogP contribution in [0.5, 0.6) is 0 Å². The SMILES string of the molecule is N[CH-]CCCNCCCCCCN.[Li+]. The summed E-state index contributed by atoms with van der Waals surface area (Å²) in [5.41, 5.74) is 10.7. The van der Waals surface area contributed by atoms with Crippen molar-refractivity contribution in [2.45, 2.75) is 38.5 Å². The summed E-state index contributed by atoms with van der Waals surface area (Å²) in [5, 5.41) is 3.39. The summed E-state index contributed by atoms with van der Waals surface area (Å²) in [7, 11) is 0. The van der Waals surface area contributed by atoms with Crippen molar-refractivity contribution in [3.63, 3.8) is 0 Å². The van der Waals surface area contributed by atoms with Crippen molar-refractivity contribution in [1.29, 1.82) is 0 Å². The minimum atomic E-state index is 0. The summed E-state index contributed by atoms with van der Waals surface area (Å²) in [4.78, 5) is 0. The zero-order valence-corrected chi connectivity index (χ0v) is 9.60. The zero-order valence-electron chi connectivity index (χ0n) is 9.60. The number of hydrogen-bond donors (Lipinski definition) is 3. The van der Waals surface area contributed by atoms with Gasteiger partial charge in [0.1, 0.15) is 0 Å². The molecule has 3 nitrogen and oxygen atoms in total. The van der Waals surface area contributed by atoms with Crippen LogP contribution in [0.3, 0.4) is 0 Å². The second-order valence-electron chi connectivity index (χ2n) is 3.33. The molecule has 0 aliphatic rings. The quantitative estimate of drug-likeness (QED) is 0.214. The third-order valence-corrected chi connectivity index (χ3v) is 2.03. The fourth-order valence-electron chi connectivity index (χ4n) is 1.22. The van der Waals surface area contributed by atoms with E-state index in [1.54, 1.807) is 6.54 Å². The molecule has 4 heteroatoms. The van der Waals surface area contributed by atoms with Crippen LogP contribution in [0, 0.1) is 6.54 Å². The van der Waals surface area contributed by atoms with Crippen molar-refractivity contribution in [2.75, 3.05) is 19.6 Å². The van der Waals surface area contributed by atoms with Crippen LogP contribution in [0.2, 0.25) is 0 Å². The van der Waals surface area contributed by atoms with E-state index in [0.717, 1.165) is 32.5 Å². The van der Waals surface area contributed by atoms with Gasteiger partial charge in [0.15, 0.2) is 0 Å². The Hall–Kier alpha value is 0.477. The van der Waals surface area contributed by atoms with Crippen molar-refractivity contribution in [1.82, 2.24) is 5.32 Å². The van der Waals surface area contributed by atoms with Gasteiger partial charge in [-0.2, -0.15) is 6.42 Å². The first-order valence-electron chi connectivity index (χ1n) is 5.36. The van der Waals surface area contributed by atoms with E-state index in [1.165, 1.54) is 25.7 Å². The van der Waals surface area contributed by atoms with Gasteiger partial charge in [0.05, 0.1) is 0 Å². The van der Waals surface area contributed by atoms with Crippen molar-refractivity contribution in [2.24, 2.45) is 11.5 Å². The van der Waals surface area contributed by atoms with Crippen LogP contribution in [0.25, 0.3) is 0 Å². The normalized spacial score (nSPS) is 9.86. The molecule has 0 radical (unpaired) electrons. The second-order valence-corrected chi connectivity index (χ2v) is 3.33. The first kappa shape index (κ1) is 16.9. The minimum absolute atomic E-state index is 0. The molecule has 0 rings (SSSR count). The Morgan fingerprint density at radius 2 is 1.57 bits per heavy atom. The maximum atomic E-state index is 5.39. The Kier molecular flexibility index (Phi) is 19.2. The van der Waals surface area contributed by atoms with E-state index in [4.69, 9.17) is 11.5 Å². The van der Waals surface area contributed by atoms with Gasteiger partial charge in [-0.15, -0.1) is 0 Å². The molecule has 0 aliphatic heterocycles. The molecule has 0 aliphatic carbocycles. The average Bonchev–Trinajstić information content (AvgIpc) is 2.16. The molecule has 14 heavy (non-hydrogen) atoms. The zero-order chi connectivity index (χ0) is 9.78. The van der Waals surface area contributed by atoms with Crippen LogP contribution in [0.1, 0.15) is 38.5 Å². The molecule has 0 bridgehead atoms. The van der Waals surface area contributed by atoms with Gasteiger partial charge in [-0.25, -0.2) is 0 Å². The fraction of sp³-hybridized carbons (Fsp3) is 0.900. The molecule has 0 heterocycles. The number of nitrogens with one attached hydrogen (secondary N) is 1. The van der Waals surface area contributed by atoms with Crippen LogP contribution >= 0.6 is 0 Å². The summed E-state index contributed by atoms with van der Waals surface area (Å²) in [6, 6.07) is 0. The predicted molar refractivity (Wildman–Crippen MR) is 58.1 cm³/mol. The van der Waals surface area contributed by atoms with Gasteiger partial charge < -0.3 is 16.8 Å². The Bertz CT molecular complexity index is 81.4. The predicted octanol–water partition coefficient (Wildman–Crippen LogP) is -2.00. The molecule has 0 unspecified atom stereocenters. The third kappa shape index (κ3) is 15.0. The van der Waals surface area contributed by atoms with Gasteiger partial charge in [0, 0.05) is 0 Å². The number of hydrogen-bond acceptors (Lipinski definition) is 3. The molecular weight excluding hydrogens is 169 g/mol. The Labute approximate surface area is 101 Å². The van der Waals surface area contributed by atoms with Crippen LogP contribution in [-0.2, 0) is 0 Å². The van der Waals surface area contributed by atoms with Crippen LogP contribution in [-0.4, -0.2) is 19.6 Å². The van der Waals surface area contributed by atoms with Gasteiger partial charge in [-0.1, -0.05) is 19.3 Å². The molecule has 0 saturated carbocycles. The molecule has 0 spiro atoms. The van der Waals surface area contributed by atoms with E-state index in [2.05, 4.69) is 5.32 Å². The fourth-order valence-corrected chi connectivity index (χ4v) is 1.22. The molecule has 0 aromatic carbocycles. The maximum Gasteiger partial charge on any atom is 1.00 e. The van der Waals surface area contributed by atoms with Crippen LogP contribution in [0.4, 0.5) is 0 Å². The Balaban J connectivity index is 0. The number of rotatable bonds is 10. The second kappa shape index (κ2) is 15.9. The average molecular weight is 193 g/mol. The largest absolute Gasteiger partial charge is 1.00 e. The monoisotopic (exact) mass is 193 g/mol. The molecule has 0 atom stereocenters. The molecule has 0 saturated heterocycles. The van der Waals surface area contributed by atoms with E-state index in [1.807, 2.05) is 0 Å². The van der Waals surface area contributed by atoms with E-state index in [0.29, 0.717) is 0 Å². The maximum absolute atomic E-state index is 5.39. The summed E-state index contributed by atoms with van der Waals surface area (Å²) in [6.07, 6.45) is 7.18. The van der Waals surface area contributed by atoms with Crippen molar-refractivity contribution in [3.05, 3.63) is 6.54 Å². The summed E-state index contributed by atoms with van der Waals surface area (Å²) in [5.74, 6) is 0. The van der Waals surface area contributed by atoms with E-state index < -0.39 is 0 Å². The standard InChI is InChI=1S/C10H24N3.Li/c11-7-3-1-2-5-9-13-10-6-4-8-12;/h8,13H,1-7,9-12H2;/q-1;+1. The number of unbranched alkanes of at least 4 members (excludes halogenated alkanes) is 4. The van der Waals surface area contributed by atoms with Gasteiger partial charge in [0.25, 0.3) is 0 Å². The molecule has 80 valence electrons. The first-order chi connectivity index (χ1) is 6.41. The molecule has 0 aromatic rings. The van der Waals surface area contributed by atoms with Crippen LogP contribution in [0.15, 0.2) is 0 Å². The Morgan fingerprint density at radius 3 is 2.21 bits per heavy atom. The molecular formula is C10H24LiN3. The number of nitrogens with two attached hydrogens (primary N) is 2. The molecule has 0 fully saturated rings. The molecule has 5 N–H and O–H groups in total. The van der Waals surface area contributed by atoms with Crippen molar-refractivity contribution < 1.29 is 18.9 Å².